The number of anilines is 1. The first-order chi connectivity index (χ1) is 9.47. The highest BCUT2D eigenvalue weighted by atomic mass is 16.3. The Bertz CT molecular complexity index is 405. The highest BCUT2D eigenvalue weighted by molar-refractivity contribution is 5.40. The average molecular weight is 277 g/mol. The van der Waals surface area contributed by atoms with Crippen LogP contribution in [0.4, 0.5) is 5.82 Å². The maximum absolute atomic E-state index is 9.97. The second kappa shape index (κ2) is 6.55. The van der Waals surface area contributed by atoms with Gasteiger partial charge in [0.2, 0.25) is 0 Å². The summed E-state index contributed by atoms with van der Waals surface area (Å²) in [5.41, 5.74) is 1.08. The largest absolute Gasteiger partial charge is 0.391 e. The van der Waals surface area contributed by atoms with Crippen LogP contribution in [0.1, 0.15) is 39.2 Å². The van der Waals surface area contributed by atoms with E-state index in [0.29, 0.717) is 6.54 Å². The number of aliphatic hydroxyl groups is 1. The summed E-state index contributed by atoms with van der Waals surface area (Å²) < 4.78 is 0. The molecule has 1 saturated heterocycles. The van der Waals surface area contributed by atoms with Gasteiger partial charge in [-0.25, -0.2) is 4.98 Å². The number of hydrogen-bond donors (Lipinski definition) is 2. The van der Waals surface area contributed by atoms with Gasteiger partial charge in [-0.05, 0) is 29.9 Å². The molecule has 0 amide bonds. The Labute approximate surface area is 122 Å². The summed E-state index contributed by atoms with van der Waals surface area (Å²) in [5.74, 6) is 1.08. The molecular formula is C16H27N3O. The van der Waals surface area contributed by atoms with Gasteiger partial charge in [-0.3, -0.25) is 0 Å². The third-order valence-corrected chi connectivity index (χ3v) is 3.91. The third-order valence-electron chi connectivity index (χ3n) is 3.91. The minimum absolute atomic E-state index is 0.0785. The number of nitrogens with zero attached hydrogens (tertiary/aromatic N) is 2. The van der Waals surface area contributed by atoms with E-state index in [9.17, 15) is 5.11 Å². The van der Waals surface area contributed by atoms with Gasteiger partial charge in [-0.1, -0.05) is 26.8 Å². The molecule has 2 rings (SSSR count). The van der Waals surface area contributed by atoms with Crippen molar-refractivity contribution in [3.63, 3.8) is 0 Å². The van der Waals surface area contributed by atoms with Crippen molar-refractivity contribution in [2.24, 2.45) is 5.41 Å². The van der Waals surface area contributed by atoms with Crippen molar-refractivity contribution in [3.05, 3.63) is 23.9 Å². The Kier molecular flexibility index (Phi) is 5.00. The van der Waals surface area contributed by atoms with E-state index in [1.807, 2.05) is 27.0 Å². The zero-order chi connectivity index (χ0) is 14.6. The van der Waals surface area contributed by atoms with Crippen molar-refractivity contribution in [3.8, 4) is 0 Å². The van der Waals surface area contributed by atoms with Crippen molar-refractivity contribution in [2.75, 3.05) is 24.5 Å². The van der Waals surface area contributed by atoms with Gasteiger partial charge in [0.15, 0.2) is 0 Å². The van der Waals surface area contributed by atoms with Crippen molar-refractivity contribution in [1.29, 1.82) is 0 Å². The minimum Gasteiger partial charge on any atom is -0.391 e. The van der Waals surface area contributed by atoms with E-state index in [2.05, 4.69) is 27.3 Å². The summed E-state index contributed by atoms with van der Waals surface area (Å²) in [5, 5.41) is 13.3. The van der Waals surface area contributed by atoms with Crippen LogP contribution in [0.5, 0.6) is 0 Å². The summed E-state index contributed by atoms with van der Waals surface area (Å²) in [4.78, 5) is 6.86. The number of nitrogens with one attached hydrogen (secondary N) is 1. The van der Waals surface area contributed by atoms with Crippen LogP contribution in [0.25, 0.3) is 0 Å². The molecule has 2 heterocycles. The van der Waals surface area contributed by atoms with Crippen LogP contribution in [0.2, 0.25) is 0 Å². The SMILES string of the molecule is CC(C)(C)C(O)CNCc1ccc(N2CCCC2)nc1. The van der Waals surface area contributed by atoms with E-state index in [-0.39, 0.29) is 11.5 Å². The van der Waals surface area contributed by atoms with Gasteiger partial charge in [0.05, 0.1) is 6.10 Å². The molecule has 1 atom stereocenters. The lowest BCUT2D eigenvalue weighted by Crippen LogP contribution is -2.36. The summed E-state index contributed by atoms with van der Waals surface area (Å²) in [6, 6.07) is 4.22. The van der Waals surface area contributed by atoms with Crippen LogP contribution < -0.4 is 10.2 Å². The zero-order valence-electron chi connectivity index (χ0n) is 12.9. The number of aromatic nitrogens is 1. The molecule has 0 saturated carbocycles. The fourth-order valence-corrected chi connectivity index (χ4v) is 2.31. The van der Waals surface area contributed by atoms with E-state index in [0.717, 1.165) is 31.0 Å². The van der Waals surface area contributed by atoms with Crippen LogP contribution in [-0.2, 0) is 6.54 Å². The minimum atomic E-state index is -0.334. The molecule has 0 bridgehead atoms. The lowest BCUT2D eigenvalue weighted by molar-refractivity contribution is 0.0627. The molecule has 1 aliphatic heterocycles. The first-order valence-corrected chi connectivity index (χ1v) is 7.55. The van der Waals surface area contributed by atoms with Crippen LogP contribution in [0.15, 0.2) is 18.3 Å². The van der Waals surface area contributed by atoms with Gasteiger partial charge in [-0.15, -0.1) is 0 Å². The van der Waals surface area contributed by atoms with Gasteiger partial charge in [0.25, 0.3) is 0 Å². The molecule has 20 heavy (non-hydrogen) atoms. The monoisotopic (exact) mass is 277 g/mol. The van der Waals surface area contributed by atoms with Crippen molar-refractivity contribution >= 4 is 5.82 Å². The summed E-state index contributed by atoms with van der Waals surface area (Å²) >= 11 is 0. The third kappa shape index (κ3) is 4.18. The molecule has 2 N–H and O–H groups in total. The second-order valence-corrected chi connectivity index (χ2v) is 6.73. The fourth-order valence-electron chi connectivity index (χ4n) is 2.31. The van der Waals surface area contributed by atoms with E-state index in [1.165, 1.54) is 12.8 Å². The van der Waals surface area contributed by atoms with Gasteiger partial charge in [0.1, 0.15) is 5.82 Å². The first kappa shape index (κ1) is 15.3. The van der Waals surface area contributed by atoms with Gasteiger partial charge < -0.3 is 15.3 Å². The van der Waals surface area contributed by atoms with Gasteiger partial charge in [-0.2, -0.15) is 0 Å². The number of pyridine rings is 1. The predicted molar refractivity (Wildman–Crippen MR) is 82.9 cm³/mol. The molecule has 0 radical (unpaired) electrons. The summed E-state index contributed by atoms with van der Waals surface area (Å²) in [6.45, 7) is 9.76. The Morgan fingerprint density at radius 2 is 2.00 bits per heavy atom. The first-order valence-electron chi connectivity index (χ1n) is 7.55. The van der Waals surface area contributed by atoms with Gasteiger partial charge in [0, 0.05) is 32.4 Å². The van der Waals surface area contributed by atoms with Crippen LogP contribution in [0, 0.1) is 5.41 Å². The highest BCUT2D eigenvalue weighted by Gasteiger charge is 2.21. The number of aliphatic hydroxyl groups excluding tert-OH is 1. The molecule has 1 aromatic rings. The fraction of sp³-hybridized carbons (Fsp3) is 0.688. The van der Waals surface area contributed by atoms with Crippen LogP contribution >= 0.6 is 0 Å². The van der Waals surface area contributed by atoms with Crippen LogP contribution in [0.3, 0.4) is 0 Å². The quantitative estimate of drug-likeness (QED) is 0.866. The normalized spacial score (nSPS) is 17.5. The number of hydrogen-bond acceptors (Lipinski definition) is 4. The van der Waals surface area contributed by atoms with E-state index in [4.69, 9.17) is 0 Å². The molecule has 1 aliphatic rings. The Hall–Kier alpha value is -1.13. The molecule has 112 valence electrons. The maximum Gasteiger partial charge on any atom is 0.128 e. The lowest BCUT2D eigenvalue weighted by atomic mass is 9.89. The maximum atomic E-state index is 9.97. The van der Waals surface area contributed by atoms with Gasteiger partial charge >= 0.3 is 0 Å². The molecule has 4 heteroatoms. The highest BCUT2D eigenvalue weighted by Crippen LogP contribution is 2.19. The second-order valence-electron chi connectivity index (χ2n) is 6.73. The van der Waals surface area contributed by atoms with Crippen molar-refractivity contribution in [1.82, 2.24) is 10.3 Å². The molecule has 1 aromatic heterocycles. The van der Waals surface area contributed by atoms with E-state index >= 15 is 0 Å². The van der Waals surface area contributed by atoms with Crippen molar-refractivity contribution in [2.45, 2.75) is 46.3 Å². The molecule has 4 nitrogen and oxygen atoms in total. The molecule has 0 spiro atoms. The topological polar surface area (TPSA) is 48.4 Å². The smallest absolute Gasteiger partial charge is 0.128 e. The summed E-state index contributed by atoms with van der Waals surface area (Å²) in [6.07, 6.45) is 4.15. The van der Waals surface area contributed by atoms with Crippen LogP contribution in [-0.4, -0.2) is 35.8 Å². The molecular weight excluding hydrogens is 250 g/mol. The number of rotatable bonds is 5. The summed E-state index contributed by atoms with van der Waals surface area (Å²) in [7, 11) is 0. The Balaban J connectivity index is 1.79. The lowest BCUT2D eigenvalue weighted by Gasteiger charge is -2.26. The Morgan fingerprint density at radius 1 is 1.30 bits per heavy atom. The standard InChI is InChI=1S/C16H27N3O/c1-16(2,3)14(20)12-17-10-13-6-7-15(18-11-13)19-8-4-5-9-19/h6-7,11,14,17,20H,4-5,8-10,12H2,1-3H3. The zero-order valence-corrected chi connectivity index (χ0v) is 12.9. The average Bonchev–Trinajstić information content (AvgIpc) is 2.92. The van der Waals surface area contributed by atoms with E-state index < -0.39 is 0 Å². The Morgan fingerprint density at radius 3 is 2.55 bits per heavy atom. The molecule has 0 aliphatic carbocycles. The molecule has 1 unspecified atom stereocenters. The van der Waals surface area contributed by atoms with E-state index in [1.54, 1.807) is 0 Å². The predicted octanol–water partition coefficient (Wildman–Crippen LogP) is 2.18. The molecule has 0 aromatic carbocycles. The molecule has 1 fully saturated rings. The van der Waals surface area contributed by atoms with Crippen molar-refractivity contribution < 1.29 is 5.11 Å².